The second-order valence-electron chi connectivity index (χ2n) is 3.32. The second-order valence-corrected chi connectivity index (χ2v) is 3.32. The number of hydrazone groups is 1. The van der Waals surface area contributed by atoms with Gasteiger partial charge in [0.25, 0.3) is 0 Å². The second kappa shape index (κ2) is 5.58. The molecule has 7 nitrogen and oxygen atoms in total. The van der Waals surface area contributed by atoms with Gasteiger partial charge >= 0.3 is 5.69 Å². The Kier molecular flexibility index (Phi) is 3.65. The molecule has 92 valence electrons. The highest BCUT2D eigenvalue weighted by Crippen LogP contribution is 2.10. The van der Waals surface area contributed by atoms with Crippen LogP contribution in [0.1, 0.15) is 5.56 Å². The van der Waals surface area contributed by atoms with Crippen molar-refractivity contribution >= 4 is 12.0 Å². The molecule has 0 fully saturated rings. The van der Waals surface area contributed by atoms with Crippen LogP contribution in [-0.2, 0) is 0 Å². The number of nitrogens with one attached hydrogen (secondary N) is 2. The van der Waals surface area contributed by atoms with Gasteiger partial charge in [0.15, 0.2) is 5.82 Å². The largest absolute Gasteiger partial charge is 0.497 e. The van der Waals surface area contributed by atoms with Crippen LogP contribution < -0.4 is 15.9 Å². The Morgan fingerprint density at radius 1 is 1.50 bits per heavy atom. The highest BCUT2D eigenvalue weighted by Gasteiger charge is 1.94. The molecule has 2 aromatic rings. The molecule has 2 N–H and O–H groups in total. The van der Waals surface area contributed by atoms with Crippen molar-refractivity contribution in [2.45, 2.75) is 0 Å². The molecule has 18 heavy (non-hydrogen) atoms. The molecule has 0 radical (unpaired) electrons. The lowest BCUT2D eigenvalue weighted by Gasteiger charge is -2.00. The Balaban J connectivity index is 2.05. The first kappa shape index (κ1) is 11.8. The SMILES string of the molecule is COc1cccc(/C=N/Nc2cn[nH]c(=O)n2)c1. The standard InChI is InChI=1S/C11H11N5O2/c1-18-9-4-2-3-8(5-9)6-12-15-10-7-13-16-11(17)14-10/h2-7H,1H3,(H2,14,15,16,17)/b12-6+. The van der Waals surface area contributed by atoms with E-state index < -0.39 is 5.69 Å². The molecule has 0 amide bonds. The van der Waals surface area contributed by atoms with Gasteiger partial charge < -0.3 is 4.74 Å². The Labute approximate surface area is 103 Å². The van der Waals surface area contributed by atoms with E-state index in [0.29, 0.717) is 0 Å². The summed E-state index contributed by atoms with van der Waals surface area (Å²) in [7, 11) is 1.60. The maximum absolute atomic E-state index is 10.9. The number of aromatic amines is 1. The van der Waals surface area contributed by atoms with Gasteiger partial charge in [-0.15, -0.1) is 0 Å². The number of H-pyrrole nitrogens is 1. The third kappa shape index (κ3) is 3.14. The highest BCUT2D eigenvalue weighted by atomic mass is 16.5. The van der Waals surface area contributed by atoms with Crippen molar-refractivity contribution in [3.8, 4) is 5.75 Å². The van der Waals surface area contributed by atoms with E-state index in [2.05, 4.69) is 25.7 Å². The quantitative estimate of drug-likeness (QED) is 0.608. The predicted octanol–water partition coefficient (Wildman–Crippen LogP) is 0.619. The molecule has 0 unspecified atom stereocenters. The van der Waals surface area contributed by atoms with E-state index in [4.69, 9.17) is 4.74 Å². The van der Waals surface area contributed by atoms with E-state index in [9.17, 15) is 4.79 Å². The van der Waals surface area contributed by atoms with E-state index >= 15 is 0 Å². The summed E-state index contributed by atoms with van der Waals surface area (Å²) in [6.45, 7) is 0. The number of nitrogens with zero attached hydrogens (tertiary/aromatic N) is 3. The topological polar surface area (TPSA) is 92.3 Å². The van der Waals surface area contributed by atoms with Gasteiger partial charge in [0.1, 0.15) is 5.75 Å². The Morgan fingerprint density at radius 3 is 3.17 bits per heavy atom. The van der Waals surface area contributed by atoms with Crippen LogP contribution in [-0.4, -0.2) is 28.5 Å². The fourth-order valence-electron chi connectivity index (χ4n) is 1.26. The molecule has 7 heteroatoms. The van der Waals surface area contributed by atoms with Gasteiger partial charge in [-0.3, -0.25) is 5.43 Å². The fourth-order valence-corrected chi connectivity index (χ4v) is 1.26. The van der Waals surface area contributed by atoms with Gasteiger partial charge in [0.2, 0.25) is 0 Å². The molecule has 2 rings (SSSR count). The first-order valence-corrected chi connectivity index (χ1v) is 5.13. The fraction of sp³-hybridized carbons (Fsp3) is 0.0909. The van der Waals surface area contributed by atoms with Crippen molar-refractivity contribution in [1.82, 2.24) is 15.2 Å². The van der Waals surface area contributed by atoms with Crippen LogP contribution in [0.2, 0.25) is 0 Å². The summed E-state index contributed by atoms with van der Waals surface area (Å²) < 4.78 is 5.09. The molecule has 0 atom stereocenters. The maximum Gasteiger partial charge on any atom is 0.363 e. The number of ether oxygens (including phenoxy) is 1. The van der Waals surface area contributed by atoms with Crippen molar-refractivity contribution in [1.29, 1.82) is 0 Å². The van der Waals surface area contributed by atoms with Gasteiger partial charge in [-0.05, 0) is 17.7 Å². The molecule has 1 aromatic heterocycles. The molecule has 1 aromatic carbocycles. The minimum Gasteiger partial charge on any atom is -0.497 e. The molecule has 0 saturated heterocycles. The zero-order chi connectivity index (χ0) is 12.8. The Bertz CT molecular complexity index is 608. The average Bonchev–Trinajstić information content (AvgIpc) is 2.39. The van der Waals surface area contributed by atoms with Crippen molar-refractivity contribution < 1.29 is 4.74 Å². The molecule has 0 spiro atoms. The number of methoxy groups -OCH3 is 1. The zero-order valence-electron chi connectivity index (χ0n) is 9.62. The van der Waals surface area contributed by atoms with E-state index in [1.54, 1.807) is 13.3 Å². The summed E-state index contributed by atoms with van der Waals surface area (Å²) in [6.07, 6.45) is 2.95. The molecule has 0 bridgehead atoms. The van der Waals surface area contributed by atoms with Gasteiger partial charge in [0, 0.05) is 0 Å². The maximum atomic E-state index is 10.9. The lowest BCUT2D eigenvalue weighted by molar-refractivity contribution is 0.415. The Hall–Kier alpha value is -2.70. The average molecular weight is 245 g/mol. The van der Waals surface area contributed by atoms with Crippen molar-refractivity contribution in [2.75, 3.05) is 12.5 Å². The molecule has 1 heterocycles. The lowest BCUT2D eigenvalue weighted by atomic mass is 10.2. The summed E-state index contributed by atoms with van der Waals surface area (Å²) in [5.41, 5.74) is 2.94. The van der Waals surface area contributed by atoms with Crippen LogP contribution in [0, 0.1) is 0 Å². The summed E-state index contributed by atoms with van der Waals surface area (Å²) in [5, 5.41) is 9.69. The van der Waals surface area contributed by atoms with Crippen LogP contribution in [0.3, 0.4) is 0 Å². The minimum atomic E-state index is -0.531. The number of hydrogen-bond donors (Lipinski definition) is 2. The van der Waals surface area contributed by atoms with Crippen molar-refractivity contribution in [3.63, 3.8) is 0 Å². The van der Waals surface area contributed by atoms with Crippen LogP contribution in [0.15, 0.2) is 40.4 Å². The van der Waals surface area contributed by atoms with Crippen LogP contribution in [0.5, 0.6) is 5.75 Å². The first-order chi connectivity index (χ1) is 8.78. The monoisotopic (exact) mass is 245 g/mol. The van der Waals surface area contributed by atoms with Gasteiger partial charge in [-0.25, -0.2) is 9.89 Å². The summed E-state index contributed by atoms with van der Waals surface area (Å²) >= 11 is 0. The molecular formula is C11H11N5O2. The third-order valence-corrected chi connectivity index (χ3v) is 2.06. The zero-order valence-corrected chi connectivity index (χ0v) is 9.62. The van der Waals surface area contributed by atoms with E-state index in [-0.39, 0.29) is 5.82 Å². The normalized spacial score (nSPS) is 10.5. The van der Waals surface area contributed by atoms with E-state index in [0.717, 1.165) is 11.3 Å². The number of hydrogen-bond acceptors (Lipinski definition) is 6. The molecule has 0 aliphatic rings. The summed E-state index contributed by atoms with van der Waals surface area (Å²) in [6, 6.07) is 7.39. The molecule has 0 saturated carbocycles. The van der Waals surface area contributed by atoms with Crippen LogP contribution in [0.25, 0.3) is 0 Å². The summed E-state index contributed by atoms with van der Waals surface area (Å²) in [5.74, 6) is 1.02. The first-order valence-electron chi connectivity index (χ1n) is 5.13. The van der Waals surface area contributed by atoms with E-state index in [1.165, 1.54) is 6.20 Å². The van der Waals surface area contributed by atoms with Gasteiger partial charge in [-0.2, -0.15) is 15.2 Å². The van der Waals surface area contributed by atoms with Crippen LogP contribution >= 0.6 is 0 Å². The number of anilines is 1. The Morgan fingerprint density at radius 2 is 2.39 bits per heavy atom. The smallest absolute Gasteiger partial charge is 0.363 e. The molecular weight excluding hydrogens is 234 g/mol. The molecule has 0 aliphatic carbocycles. The van der Waals surface area contributed by atoms with Crippen molar-refractivity contribution in [2.24, 2.45) is 5.10 Å². The van der Waals surface area contributed by atoms with Gasteiger partial charge in [-0.1, -0.05) is 12.1 Å². The van der Waals surface area contributed by atoms with Crippen LogP contribution in [0.4, 0.5) is 5.82 Å². The number of benzene rings is 1. The lowest BCUT2D eigenvalue weighted by Crippen LogP contribution is -2.13. The van der Waals surface area contributed by atoms with E-state index in [1.807, 2.05) is 24.3 Å². The molecule has 0 aliphatic heterocycles. The third-order valence-electron chi connectivity index (χ3n) is 2.06. The predicted molar refractivity (Wildman–Crippen MR) is 66.9 cm³/mol. The number of aromatic nitrogens is 3. The van der Waals surface area contributed by atoms with Gasteiger partial charge in [0.05, 0.1) is 19.5 Å². The number of rotatable bonds is 4. The minimum absolute atomic E-state index is 0.276. The van der Waals surface area contributed by atoms with Crippen molar-refractivity contribution in [3.05, 3.63) is 46.5 Å². The summed E-state index contributed by atoms with van der Waals surface area (Å²) in [4.78, 5) is 14.5. The highest BCUT2D eigenvalue weighted by molar-refractivity contribution is 5.80.